The predicted molar refractivity (Wildman–Crippen MR) is 59.3 cm³/mol. The Kier molecular flexibility index (Phi) is 4.65. The summed E-state index contributed by atoms with van der Waals surface area (Å²) in [6.45, 7) is 4.22. The minimum absolute atomic E-state index is 0.245. The Morgan fingerprint density at radius 1 is 1.25 bits per heavy atom. The monoisotopic (exact) mass is 237 g/mol. The summed E-state index contributed by atoms with van der Waals surface area (Å²) in [6.07, 6.45) is -0.202. The summed E-state index contributed by atoms with van der Waals surface area (Å²) in [5.41, 5.74) is -1.62. The van der Waals surface area contributed by atoms with Crippen molar-refractivity contribution in [3.05, 3.63) is 0 Å². The van der Waals surface area contributed by atoms with E-state index >= 15 is 0 Å². The van der Waals surface area contributed by atoms with Gasteiger partial charge in [-0.05, 0) is 31.7 Å². The second-order valence-electron chi connectivity index (χ2n) is 4.75. The van der Waals surface area contributed by atoms with Crippen LogP contribution in [0, 0.1) is 5.92 Å². The maximum absolute atomic E-state index is 13.3. The summed E-state index contributed by atoms with van der Waals surface area (Å²) in [5.74, 6) is -0.257. The minimum Gasteiger partial charge on any atom is -0.303 e. The molecule has 96 valence electrons. The molecule has 0 heterocycles. The van der Waals surface area contributed by atoms with Gasteiger partial charge in [-0.3, -0.25) is 0 Å². The first-order valence-electron chi connectivity index (χ1n) is 6.29. The molecule has 2 atom stereocenters. The van der Waals surface area contributed by atoms with E-state index in [0.717, 1.165) is 12.8 Å². The highest BCUT2D eigenvalue weighted by molar-refractivity contribution is 5.02. The third-order valence-electron chi connectivity index (χ3n) is 3.76. The van der Waals surface area contributed by atoms with E-state index in [9.17, 15) is 13.2 Å². The van der Waals surface area contributed by atoms with Gasteiger partial charge >= 0.3 is 6.18 Å². The van der Waals surface area contributed by atoms with Crippen molar-refractivity contribution >= 4 is 0 Å². The Balaban J connectivity index is 2.90. The van der Waals surface area contributed by atoms with Crippen LogP contribution in [0.2, 0.25) is 0 Å². The molecule has 0 aromatic rings. The molecule has 0 spiro atoms. The fraction of sp³-hybridized carbons (Fsp3) is 1.00. The van der Waals surface area contributed by atoms with E-state index in [4.69, 9.17) is 0 Å². The van der Waals surface area contributed by atoms with Crippen LogP contribution in [0.1, 0.15) is 52.4 Å². The van der Waals surface area contributed by atoms with Crippen LogP contribution in [0.15, 0.2) is 0 Å². The van der Waals surface area contributed by atoms with Gasteiger partial charge < -0.3 is 5.32 Å². The third kappa shape index (κ3) is 2.53. The molecule has 0 bridgehead atoms. The van der Waals surface area contributed by atoms with E-state index < -0.39 is 11.7 Å². The molecule has 1 rings (SSSR count). The largest absolute Gasteiger partial charge is 0.406 e. The summed E-state index contributed by atoms with van der Waals surface area (Å²) < 4.78 is 39.9. The zero-order valence-electron chi connectivity index (χ0n) is 10.2. The van der Waals surface area contributed by atoms with Crippen LogP contribution in [0.4, 0.5) is 13.2 Å². The van der Waals surface area contributed by atoms with Crippen LogP contribution in [0.5, 0.6) is 0 Å². The molecule has 1 aliphatic rings. The first-order chi connectivity index (χ1) is 7.48. The van der Waals surface area contributed by atoms with E-state index in [0.29, 0.717) is 25.8 Å². The number of halogens is 3. The average molecular weight is 237 g/mol. The molecule has 0 radical (unpaired) electrons. The highest BCUT2D eigenvalue weighted by Gasteiger charge is 2.58. The lowest BCUT2D eigenvalue weighted by atomic mass is 9.71. The van der Waals surface area contributed by atoms with Crippen LogP contribution in [0.25, 0.3) is 0 Å². The SMILES string of the molecule is CCCNC1(C(F)(F)F)CCCCC1CC. The summed E-state index contributed by atoms with van der Waals surface area (Å²) in [7, 11) is 0. The predicted octanol–water partition coefficient (Wildman–Crippen LogP) is 3.89. The molecule has 4 heteroatoms. The van der Waals surface area contributed by atoms with Gasteiger partial charge in [0.2, 0.25) is 0 Å². The number of rotatable bonds is 4. The van der Waals surface area contributed by atoms with Gasteiger partial charge in [0.05, 0.1) is 0 Å². The first-order valence-corrected chi connectivity index (χ1v) is 6.29. The van der Waals surface area contributed by atoms with Crippen LogP contribution < -0.4 is 5.32 Å². The first kappa shape index (κ1) is 13.8. The number of hydrogen-bond acceptors (Lipinski definition) is 1. The lowest BCUT2D eigenvalue weighted by Crippen LogP contribution is -2.62. The van der Waals surface area contributed by atoms with Crippen LogP contribution >= 0.6 is 0 Å². The standard InChI is InChI=1S/C12H22F3N/c1-3-9-16-11(12(13,14)15)8-6-5-7-10(11)4-2/h10,16H,3-9H2,1-2H3. The normalized spacial score (nSPS) is 31.7. The van der Waals surface area contributed by atoms with E-state index in [2.05, 4.69) is 5.32 Å². The maximum Gasteiger partial charge on any atom is 0.406 e. The molecule has 1 nitrogen and oxygen atoms in total. The third-order valence-corrected chi connectivity index (χ3v) is 3.76. The van der Waals surface area contributed by atoms with Crippen molar-refractivity contribution in [1.29, 1.82) is 0 Å². The molecule has 0 aromatic heterocycles. The Labute approximate surface area is 95.8 Å². The number of hydrogen-bond donors (Lipinski definition) is 1. The Morgan fingerprint density at radius 3 is 2.44 bits per heavy atom. The number of nitrogens with one attached hydrogen (secondary N) is 1. The van der Waals surface area contributed by atoms with E-state index in [-0.39, 0.29) is 12.3 Å². The van der Waals surface area contributed by atoms with Crippen LogP contribution in [-0.4, -0.2) is 18.3 Å². The lowest BCUT2D eigenvalue weighted by molar-refractivity contribution is -0.221. The average Bonchev–Trinajstić information content (AvgIpc) is 2.25. The van der Waals surface area contributed by atoms with Crippen molar-refractivity contribution in [2.75, 3.05) is 6.54 Å². The lowest BCUT2D eigenvalue weighted by Gasteiger charge is -2.45. The highest BCUT2D eigenvalue weighted by Crippen LogP contribution is 2.46. The van der Waals surface area contributed by atoms with Gasteiger partial charge in [-0.25, -0.2) is 0 Å². The Morgan fingerprint density at radius 2 is 1.94 bits per heavy atom. The zero-order valence-corrected chi connectivity index (χ0v) is 10.2. The molecule has 1 fully saturated rings. The quantitative estimate of drug-likeness (QED) is 0.782. The van der Waals surface area contributed by atoms with Gasteiger partial charge in [0.15, 0.2) is 0 Å². The number of alkyl halides is 3. The topological polar surface area (TPSA) is 12.0 Å². The molecule has 2 unspecified atom stereocenters. The molecule has 0 aromatic carbocycles. The summed E-state index contributed by atoms with van der Waals surface area (Å²) in [5, 5.41) is 2.80. The van der Waals surface area contributed by atoms with Gasteiger partial charge in [-0.1, -0.05) is 33.1 Å². The molecule has 0 aliphatic heterocycles. The van der Waals surface area contributed by atoms with Gasteiger partial charge in [0, 0.05) is 0 Å². The molecular weight excluding hydrogens is 215 g/mol. The highest BCUT2D eigenvalue weighted by atomic mass is 19.4. The second-order valence-corrected chi connectivity index (χ2v) is 4.75. The van der Waals surface area contributed by atoms with Crippen LogP contribution in [-0.2, 0) is 0 Å². The minimum atomic E-state index is -4.12. The molecule has 1 saturated carbocycles. The maximum atomic E-state index is 13.3. The Bertz CT molecular complexity index is 215. The molecule has 0 amide bonds. The summed E-state index contributed by atoms with van der Waals surface area (Å²) >= 11 is 0. The smallest absolute Gasteiger partial charge is 0.303 e. The zero-order chi connectivity index (χ0) is 12.2. The van der Waals surface area contributed by atoms with E-state index in [1.54, 1.807) is 0 Å². The van der Waals surface area contributed by atoms with Crippen molar-refractivity contribution in [3.8, 4) is 0 Å². The fourth-order valence-corrected chi connectivity index (χ4v) is 2.85. The molecule has 1 aliphatic carbocycles. The molecular formula is C12H22F3N. The molecule has 1 N–H and O–H groups in total. The van der Waals surface area contributed by atoms with Crippen molar-refractivity contribution in [2.45, 2.75) is 64.1 Å². The summed E-state index contributed by atoms with van der Waals surface area (Å²) in [4.78, 5) is 0. The van der Waals surface area contributed by atoms with Crippen molar-refractivity contribution in [1.82, 2.24) is 5.32 Å². The van der Waals surface area contributed by atoms with Gasteiger partial charge in [-0.15, -0.1) is 0 Å². The molecule has 16 heavy (non-hydrogen) atoms. The van der Waals surface area contributed by atoms with E-state index in [1.165, 1.54) is 0 Å². The van der Waals surface area contributed by atoms with Gasteiger partial charge in [-0.2, -0.15) is 13.2 Å². The van der Waals surface area contributed by atoms with E-state index in [1.807, 2.05) is 13.8 Å². The van der Waals surface area contributed by atoms with Gasteiger partial charge in [0.25, 0.3) is 0 Å². The second kappa shape index (κ2) is 5.39. The van der Waals surface area contributed by atoms with Crippen molar-refractivity contribution in [2.24, 2.45) is 5.92 Å². The fourth-order valence-electron chi connectivity index (χ4n) is 2.85. The van der Waals surface area contributed by atoms with Gasteiger partial charge in [0.1, 0.15) is 5.54 Å². The van der Waals surface area contributed by atoms with Crippen molar-refractivity contribution in [3.63, 3.8) is 0 Å². The Hall–Kier alpha value is -0.250. The molecule has 0 saturated heterocycles. The van der Waals surface area contributed by atoms with Crippen LogP contribution in [0.3, 0.4) is 0 Å². The summed E-state index contributed by atoms with van der Waals surface area (Å²) in [6, 6.07) is 0. The van der Waals surface area contributed by atoms with Crippen molar-refractivity contribution < 1.29 is 13.2 Å².